The van der Waals surface area contributed by atoms with Crippen LogP contribution in [0.15, 0.2) is 18.2 Å². The van der Waals surface area contributed by atoms with Gasteiger partial charge in [0.25, 0.3) is 0 Å². The second-order valence-corrected chi connectivity index (χ2v) is 3.13. The molecule has 2 atom stereocenters. The lowest BCUT2D eigenvalue weighted by atomic mass is 10.0. The van der Waals surface area contributed by atoms with Crippen LogP contribution in [0.1, 0.15) is 18.6 Å². The zero-order valence-corrected chi connectivity index (χ0v) is 8.72. The van der Waals surface area contributed by atoms with E-state index in [2.05, 4.69) is 0 Å². The summed E-state index contributed by atoms with van der Waals surface area (Å²) in [4.78, 5) is 0. The van der Waals surface area contributed by atoms with Gasteiger partial charge in [-0.25, -0.2) is 4.39 Å². The Morgan fingerprint density at radius 2 is 2.19 bits per heavy atom. The molecule has 1 aromatic rings. The number of benzene rings is 1. The minimum Gasteiger partial charge on any atom is -0.493 e. The maximum Gasteiger partial charge on any atom is 0.170 e. The Morgan fingerprint density at radius 3 is 2.75 bits per heavy atom. The maximum atomic E-state index is 13.0. The van der Waals surface area contributed by atoms with E-state index >= 15 is 0 Å². The molecule has 0 amide bonds. The molecule has 0 spiro atoms. The zero-order chi connectivity index (χ0) is 12.1. The van der Waals surface area contributed by atoms with E-state index in [1.165, 1.54) is 18.2 Å². The highest BCUT2D eigenvalue weighted by atomic mass is 19.1. The molecule has 0 bridgehead atoms. The highest BCUT2D eigenvalue weighted by Gasteiger charge is 2.22. The molecule has 86 valence electrons. The lowest BCUT2D eigenvalue weighted by molar-refractivity contribution is 0.0505. The van der Waals surface area contributed by atoms with Gasteiger partial charge in [0, 0.05) is 5.56 Å². The quantitative estimate of drug-likeness (QED) is 0.754. The Balaban J connectivity index is 3.09. The molecule has 4 nitrogen and oxygen atoms in total. The first-order valence-corrected chi connectivity index (χ1v) is 4.78. The summed E-state index contributed by atoms with van der Waals surface area (Å²) < 4.78 is 18.1. The topological polar surface area (TPSA) is 73.5 Å². The smallest absolute Gasteiger partial charge is 0.170 e. The molecule has 1 rings (SSSR count). The maximum absolute atomic E-state index is 13.0. The van der Waals surface area contributed by atoms with E-state index in [4.69, 9.17) is 10.00 Å². The molecule has 0 saturated heterocycles. The molecule has 0 aromatic heterocycles. The third-order valence-electron chi connectivity index (χ3n) is 2.02. The Morgan fingerprint density at radius 1 is 1.50 bits per heavy atom. The molecule has 16 heavy (non-hydrogen) atoms. The normalized spacial score (nSPS) is 13.9. The highest BCUT2D eigenvalue weighted by Crippen LogP contribution is 2.28. The molecular weight excluding hydrogens is 213 g/mol. The SMILES string of the molecule is CCOc1ccc(F)cc1C(O)C(O)C#N. The summed E-state index contributed by atoms with van der Waals surface area (Å²) in [6, 6.07) is 5.05. The van der Waals surface area contributed by atoms with E-state index in [1.54, 1.807) is 6.92 Å². The van der Waals surface area contributed by atoms with Gasteiger partial charge >= 0.3 is 0 Å². The van der Waals surface area contributed by atoms with Crippen molar-refractivity contribution in [3.05, 3.63) is 29.6 Å². The number of nitrogens with zero attached hydrogens (tertiary/aromatic N) is 1. The number of hydrogen-bond donors (Lipinski definition) is 2. The van der Waals surface area contributed by atoms with Crippen molar-refractivity contribution >= 4 is 0 Å². The molecule has 0 heterocycles. The molecule has 0 aliphatic rings. The van der Waals surface area contributed by atoms with Crippen LogP contribution < -0.4 is 4.74 Å². The van der Waals surface area contributed by atoms with Gasteiger partial charge in [-0.05, 0) is 25.1 Å². The highest BCUT2D eigenvalue weighted by molar-refractivity contribution is 5.37. The fraction of sp³-hybridized carbons (Fsp3) is 0.364. The summed E-state index contributed by atoms with van der Waals surface area (Å²) in [6.07, 6.45) is -3.09. The third-order valence-corrected chi connectivity index (χ3v) is 2.02. The number of rotatable bonds is 4. The first-order chi connectivity index (χ1) is 7.60. The van der Waals surface area contributed by atoms with E-state index in [0.717, 1.165) is 6.07 Å². The van der Waals surface area contributed by atoms with Crippen molar-refractivity contribution in [2.75, 3.05) is 6.61 Å². The fourth-order valence-electron chi connectivity index (χ4n) is 1.28. The van der Waals surface area contributed by atoms with Crippen molar-refractivity contribution in [2.45, 2.75) is 19.1 Å². The number of halogens is 1. The minimum atomic E-state index is -1.61. The van der Waals surface area contributed by atoms with Gasteiger partial charge in [-0.1, -0.05) is 0 Å². The van der Waals surface area contributed by atoms with E-state index in [1.807, 2.05) is 0 Å². The van der Waals surface area contributed by atoms with Gasteiger partial charge in [-0.2, -0.15) is 5.26 Å². The summed E-state index contributed by atoms with van der Waals surface area (Å²) in [7, 11) is 0. The van der Waals surface area contributed by atoms with Crippen LogP contribution in [-0.4, -0.2) is 22.9 Å². The second kappa shape index (κ2) is 5.45. The largest absolute Gasteiger partial charge is 0.493 e. The number of ether oxygens (including phenoxy) is 1. The van der Waals surface area contributed by atoms with Crippen molar-refractivity contribution in [1.29, 1.82) is 5.26 Å². The fourth-order valence-corrected chi connectivity index (χ4v) is 1.28. The summed E-state index contributed by atoms with van der Waals surface area (Å²) >= 11 is 0. The molecular formula is C11H12FNO3. The van der Waals surface area contributed by atoms with Crippen LogP contribution in [0, 0.1) is 17.1 Å². The zero-order valence-electron chi connectivity index (χ0n) is 8.72. The van der Waals surface area contributed by atoms with Crippen LogP contribution in [-0.2, 0) is 0 Å². The van der Waals surface area contributed by atoms with Crippen LogP contribution in [0.5, 0.6) is 5.75 Å². The van der Waals surface area contributed by atoms with Gasteiger partial charge in [-0.3, -0.25) is 0 Å². The molecule has 0 aliphatic carbocycles. The third kappa shape index (κ3) is 2.69. The van der Waals surface area contributed by atoms with Gasteiger partial charge < -0.3 is 14.9 Å². The first-order valence-electron chi connectivity index (χ1n) is 4.78. The molecule has 5 heteroatoms. The van der Waals surface area contributed by atoms with E-state index in [-0.39, 0.29) is 11.3 Å². The average molecular weight is 225 g/mol. The van der Waals surface area contributed by atoms with Crippen LogP contribution >= 0.6 is 0 Å². The first kappa shape index (κ1) is 12.4. The molecule has 2 N–H and O–H groups in total. The summed E-state index contributed by atoms with van der Waals surface area (Å²) in [5, 5.41) is 27.2. The number of aliphatic hydroxyl groups excluding tert-OH is 2. The molecule has 1 aromatic carbocycles. The predicted octanol–water partition coefficient (Wildman–Crippen LogP) is 1.14. The Labute approximate surface area is 92.5 Å². The molecule has 0 radical (unpaired) electrons. The van der Waals surface area contributed by atoms with Crippen molar-refractivity contribution in [2.24, 2.45) is 0 Å². The van der Waals surface area contributed by atoms with Crippen molar-refractivity contribution < 1.29 is 19.3 Å². The standard InChI is InChI=1S/C11H12FNO3/c1-2-16-10-4-3-7(12)5-8(10)11(15)9(14)6-13/h3-5,9,11,14-15H,2H2,1H3. The number of aliphatic hydroxyl groups is 2. The molecule has 0 saturated carbocycles. The van der Waals surface area contributed by atoms with Gasteiger partial charge in [0.05, 0.1) is 12.7 Å². The summed E-state index contributed by atoms with van der Waals surface area (Å²) in [5.74, 6) is -0.312. The van der Waals surface area contributed by atoms with Gasteiger partial charge in [0.1, 0.15) is 17.7 Å². The van der Waals surface area contributed by atoms with Crippen LogP contribution in [0.2, 0.25) is 0 Å². The van der Waals surface area contributed by atoms with Crippen molar-refractivity contribution in [1.82, 2.24) is 0 Å². The van der Waals surface area contributed by atoms with Crippen molar-refractivity contribution in [3.63, 3.8) is 0 Å². The average Bonchev–Trinajstić information content (AvgIpc) is 2.29. The minimum absolute atomic E-state index is 0.0656. The number of hydrogen-bond acceptors (Lipinski definition) is 4. The van der Waals surface area contributed by atoms with E-state index < -0.39 is 18.0 Å². The summed E-state index contributed by atoms with van der Waals surface area (Å²) in [5.41, 5.74) is 0.0656. The van der Waals surface area contributed by atoms with Gasteiger partial charge in [0.15, 0.2) is 6.10 Å². The second-order valence-electron chi connectivity index (χ2n) is 3.13. The van der Waals surface area contributed by atoms with Gasteiger partial charge in [-0.15, -0.1) is 0 Å². The lowest BCUT2D eigenvalue weighted by Gasteiger charge is -2.16. The summed E-state index contributed by atoms with van der Waals surface area (Å²) in [6.45, 7) is 2.08. The van der Waals surface area contributed by atoms with Crippen LogP contribution in [0.3, 0.4) is 0 Å². The Kier molecular flexibility index (Phi) is 4.23. The van der Waals surface area contributed by atoms with Crippen molar-refractivity contribution in [3.8, 4) is 11.8 Å². The number of nitriles is 1. The molecule has 0 aliphatic heterocycles. The Hall–Kier alpha value is -1.64. The molecule has 2 unspecified atom stereocenters. The van der Waals surface area contributed by atoms with Gasteiger partial charge in [0.2, 0.25) is 0 Å². The van der Waals surface area contributed by atoms with E-state index in [9.17, 15) is 14.6 Å². The molecule has 0 fully saturated rings. The predicted molar refractivity (Wildman–Crippen MR) is 54.1 cm³/mol. The van der Waals surface area contributed by atoms with Crippen LogP contribution in [0.25, 0.3) is 0 Å². The lowest BCUT2D eigenvalue weighted by Crippen LogP contribution is -2.17. The van der Waals surface area contributed by atoms with E-state index in [0.29, 0.717) is 6.61 Å². The van der Waals surface area contributed by atoms with Crippen LogP contribution in [0.4, 0.5) is 4.39 Å². The Bertz CT molecular complexity index is 403. The monoisotopic (exact) mass is 225 g/mol.